The van der Waals surface area contributed by atoms with Gasteiger partial charge in [-0.2, -0.15) is 0 Å². The van der Waals surface area contributed by atoms with Crippen LogP contribution in [0.3, 0.4) is 0 Å². The van der Waals surface area contributed by atoms with Gasteiger partial charge in [0.05, 0.1) is 11.3 Å². The molecule has 1 aromatic heterocycles. The molecule has 1 amide bonds. The minimum absolute atomic E-state index is 0.0980. The number of benzene rings is 2. The molecular weight excluding hydrogens is 320 g/mol. The minimum Gasteiger partial charge on any atom is -0.508 e. The molecule has 128 valence electrons. The lowest BCUT2D eigenvalue weighted by Crippen LogP contribution is -2.11. The van der Waals surface area contributed by atoms with Crippen molar-refractivity contribution in [3.05, 3.63) is 71.1 Å². The molecule has 0 aliphatic heterocycles. The first-order valence-electron chi connectivity index (χ1n) is 7.78. The number of aryl methyl sites for hydroxylation is 2. The molecule has 0 unspecified atom stereocenters. The highest BCUT2D eigenvalue weighted by Gasteiger charge is 2.10. The second-order valence-corrected chi connectivity index (χ2v) is 5.62. The monoisotopic (exact) mass is 338 g/mol. The summed E-state index contributed by atoms with van der Waals surface area (Å²) in [6.07, 6.45) is 0. The number of anilines is 1. The van der Waals surface area contributed by atoms with E-state index >= 15 is 0 Å². The second kappa shape index (κ2) is 7.09. The number of ether oxygens (including phenoxy) is 1. The molecule has 6 heteroatoms. The van der Waals surface area contributed by atoms with Crippen molar-refractivity contribution in [3.63, 3.8) is 0 Å². The lowest BCUT2D eigenvalue weighted by molar-refractivity contribution is 0.102. The first-order valence-corrected chi connectivity index (χ1v) is 7.78. The van der Waals surface area contributed by atoms with Crippen LogP contribution >= 0.6 is 0 Å². The fourth-order valence-corrected chi connectivity index (χ4v) is 2.35. The van der Waals surface area contributed by atoms with Gasteiger partial charge >= 0.3 is 0 Å². The van der Waals surface area contributed by atoms with Gasteiger partial charge in [-0.25, -0.2) is 0 Å². The lowest BCUT2D eigenvalue weighted by Gasteiger charge is -2.08. The van der Waals surface area contributed by atoms with E-state index in [1.54, 1.807) is 42.5 Å². The number of amides is 1. The summed E-state index contributed by atoms with van der Waals surface area (Å²) in [4.78, 5) is 12.2. The third-order valence-electron chi connectivity index (χ3n) is 3.78. The molecule has 3 aromatic rings. The van der Waals surface area contributed by atoms with Gasteiger partial charge in [0, 0.05) is 17.3 Å². The van der Waals surface area contributed by atoms with E-state index in [2.05, 4.69) is 10.5 Å². The zero-order valence-electron chi connectivity index (χ0n) is 13.9. The van der Waals surface area contributed by atoms with Crippen molar-refractivity contribution in [2.75, 3.05) is 5.32 Å². The summed E-state index contributed by atoms with van der Waals surface area (Å²) in [6, 6.07) is 13.2. The average Bonchev–Trinajstić information content (AvgIpc) is 2.92. The van der Waals surface area contributed by atoms with Crippen molar-refractivity contribution >= 4 is 11.6 Å². The van der Waals surface area contributed by atoms with Crippen LogP contribution in [-0.4, -0.2) is 16.2 Å². The quantitative estimate of drug-likeness (QED) is 0.738. The fourth-order valence-electron chi connectivity index (χ4n) is 2.35. The largest absolute Gasteiger partial charge is 0.508 e. The van der Waals surface area contributed by atoms with Crippen LogP contribution in [0.4, 0.5) is 5.69 Å². The predicted molar refractivity (Wildman–Crippen MR) is 92.8 cm³/mol. The van der Waals surface area contributed by atoms with Crippen LogP contribution in [0.1, 0.15) is 27.4 Å². The number of hydrogen-bond donors (Lipinski definition) is 2. The van der Waals surface area contributed by atoms with Crippen molar-refractivity contribution in [2.45, 2.75) is 20.5 Å². The Balaban J connectivity index is 1.62. The number of nitrogens with one attached hydrogen (secondary N) is 1. The van der Waals surface area contributed by atoms with Gasteiger partial charge in [0.1, 0.15) is 23.9 Å². The number of nitrogens with zero attached hydrogens (tertiary/aromatic N) is 1. The number of phenolic OH excluding ortho intramolecular Hbond substituents is 1. The van der Waals surface area contributed by atoms with E-state index in [0.717, 1.165) is 17.0 Å². The van der Waals surface area contributed by atoms with Crippen LogP contribution in [0, 0.1) is 13.8 Å². The van der Waals surface area contributed by atoms with Crippen LogP contribution in [0.2, 0.25) is 0 Å². The molecule has 0 saturated heterocycles. The van der Waals surface area contributed by atoms with Crippen LogP contribution in [0.15, 0.2) is 53.1 Å². The number of aromatic nitrogens is 1. The Morgan fingerprint density at radius 3 is 2.60 bits per heavy atom. The molecule has 2 aromatic carbocycles. The van der Waals surface area contributed by atoms with Gasteiger partial charge in [0.15, 0.2) is 0 Å². The van der Waals surface area contributed by atoms with E-state index in [4.69, 9.17) is 9.26 Å². The van der Waals surface area contributed by atoms with Crippen molar-refractivity contribution in [1.29, 1.82) is 0 Å². The molecule has 0 bridgehead atoms. The normalized spacial score (nSPS) is 10.5. The van der Waals surface area contributed by atoms with Gasteiger partial charge in [-0.05, 0) is 50.2 Å². The third kappa shape index (κ3) is 3.98. The Bertz CT molecular complexity index is 865. The smallest absolute Gasteiger partial charge is 0.255 e. The van der Waals surface area contributed by atoms with Gasteiger partial charge < -0.3 is 19.7 Å². The molecule has 0 atom stereocenters. The molecule has 3 rings (SSSR count). The first kappa shape index (κ1) is 16.6. The molecule has 0 saturated carbocycles. The summed E-state index contributed by atoms with van der Waals surface area (Å²) in [5, 5.41) is 16.0. The number of carbonyl (C=O) groups is 1. The maximum atomic E-state index is 12.2. The zero-order valence-corrected chi connectivity index (χ0v) is 13.9. The number of phenols is 1. The van der Waals surface area contributed by atoms with E-state index < -0.39 is 0 Å². The first-order chi connectivity index (χ1) is 12.0. The Labute approximate surface area is 145 Å². The molecule has 0 aliphatic rings. The van der Waals surface area contributed by atoms with Crippen LogP contribution in [0.5, 0.6) is 11.5 Å². The van der Waals surface area contributed by atoms with Crippen LogP contribution in [0.25, 0.3) is 0 Å². The molecule has 25 heavy (non-hydrogen) atoms. The Kier molecular flexibility index (Phi) is 4.70. The molecule has 0 fully saturated rings. The average molecular weight is 338 g/mol. The van der Waals surface area contributed by atoms with Gasteiger partial charge in [-0.3, -0.25) is 4.79 Å². The predicted octanol–water partition coefficient (Wildman–Crippen LogP) is 3.83. The van der Waals surface area contributed by atoms with E-state index in [1.165, 1.54) is 6.07 Å². The van der Waals surface area contributed by atoms with Crippen molar-refractivity contribution in [3.8, 4) is 11.5 Å². The summed E-state index contributed by atoms with van der Waals surface area (Å²) in [6.45, 7) is 4.06. The topological polar surface area (TPSA) is 84.6 Å². The summed E-state index contributed by atoms with van der Waals surface area (Å²) >= 11 is 0. The third-order valence-corrected chi connectivity index (χ3v) is 3.78. The molecule has 1 heterocycles. The maximum Gasteiger partial charge on any atom is 0.255 e. The second-order valence-electron chi connectivity index (χ2n) is 5.62. The molecule has 0 aliphatic carbocycles. The summed E-state index contributed by atoms with van der Waals surface area (Å²) in [7, 11) is 0. The molecular formula is C19H18N2O4. The highest BCUT2D eigenvalue weighted by Crippen LogP contribution is 2.19. The number of carbonyl (C=O) groups excluding carboxylic acids is 1. The van der Waals surface area contributed by atoms with Crippen molar-refractivity contribution < 1.29 is 19.2 Å². The Morgan fingerprint density at radius 1 is 1.20 bits per heavy atom. The van der Waals surface area contributed by atoms with Crippen LogP contribution in [-0.2, 0) is 6.61 Å². The highest BCUT2D eigenvalue weighted by molar-refractivity contribution is 6.04. The van der Waals surface area contributed by atoms with Crippen molar-refractivity contribution in [2.24, 2.45) is 0 Å². The van der Waals surface area contributed by atoms with Gasteiger partial charge in [-0.1, -0.05) is 11.2 Å². The van der Waals surface area contributed by atoms with Gasteiger partial charge in [0.2, 0.25) is 0 Å². The minimum atomic E-state index is -0.261. The number of hydrogen-bond acceptors (Lipinski definition) is 5. The molecule has 0 spiro atoms. The van der Waals surface area contributed by atoms with E-state index in [0.29, 0.717) is 23.6 Å². The summed E-state index contributed by atoms with van der Waals surface area (Å²) in [5.41, 5.74) is 2.75. The van der Waals surface area contributed by atoms with Crippen LogP contribution < -0.4 is 10.1 Å². The lowest BCUT2D eigenvalue weighted by atomic mass is 10.2. The number of rotatable bonds is 5. The Hall–Kier alpha value is -3.28. The van der Waals surface area contributed by atoms with E-state index in [1.807, 2.05) is 13.8 Å². The maximum absolute atomic E-state index is 12.2. The molecule has 6 nitrogen and oxygen atoms in total. The standard InChI is InChI=1S/C19H18N2O4/c1-12-18(13(2)25-21-12)11-24-17-8-6-14(7-9-17)19(23)20-15-4-3-5-16(22)10-15/h3-10,22H,11H2,1-2H3,(H,20,23). The summed E-state index contributed by atoms with van der Waals surface area (Å²) in [5.74, 6) is 1.22. The van der Waals surface area contributed by atoms with Crippen molar-refractivity contribution in [1.82, 2.24) is 5.16 Å². The van der Waals surface area contributed by atoms with E-state index in [9.17, 15) is 9.90 Å². The summed E-state index contributed by atoms with van der Waals surface area (Å²) < 4.78 is 10.8. The SMILES string of the molecule is Cc1noc(C)c1COc1ccc(C(=O)Nc2cccc(O)c2)cc1. The zero-order chi connectivity index (χ0) is 17.8. The molecule has 2 N–H and O–H groups in total. The number of aromatic hydroxyl groups is 1. The Morgan fingerprint density at radius 2 is 1.96 bits per heavy atom. The highest BCUT2D eigenvalue weighted by atomic mass is 16.5. The van der Waals surface area contributed by atoms with Gasteiger partial charge in [-0.15, -0.1) is 0 Å². The fraction of sp³-hybridized carbons (Fsp3) is 0.158. The van der Waals surface area contributed by atoms with Gasteiger partial charge in [0.25, 0.3) is 5.91 Å². The van der Waals surface area contributed by atoms with E-state index in [-0.39, 0.29) is 11.7 Å². The molecule has 0 radical (unpaired) electrons.